The number of rotatable bonds is 4. The molecule has 0 aliphatic carbocycles. The van der Waals surface area contributed by atoms with Crippen LogP contribution in [0.25, 0.3) is 0 Å². The number of thiol groups is 1. The number of carbonyl (C=O) groups excluding carboxylic acids is 1. The van der Waals surface area contributed by atoms with Crippen LogP contribution in [0.4, 0.5) is 22.0 Å². The van der Waals surface area contributed by atoms with Crippen molar-refractivity contribution in [2.75, 3.05) is 7.11 Å². The average Bonchev–Trinajstić information content (AvgIpc) is 2.37. The summed E-state index contributed by atoms with van der Waals surface area (Å²) in [6.45, 7) is 3.34. The molecule has 0 aliphatic rings. The molecule has 22 heavy (non-hydrogen) atoms. The van der Waals surface area contributed by atoms with Crippen molar-refractivity contribution >= 4 is 18.6 Å². The van der Waals surface area contributed by atoms with E-state index in [4.69, 9.17) is 0 Å². The minimum Gasteiger partial charge on any atom is -0.465 e. The first-order valence-corrected chi connectivity index (χ1v) is 6.64. The van der Waals surface area contributed by atoms with Crippen LogP contribution in [-0.4, -0.2) is 18.1 Å². The van der Waals surface area contributed by atoms with Gasteiger partial charge in [-0.15, -0.1) is 12.6 Å². The normalized spacial score (nSPS) is 12.1. The van der Waals surface area contributed by atoms with Crippen LogP contribution in [0.5, 0.6) is 0 Å². The summed E-state index contributed by atoms with van der Waals surface area (Å²) < 4.78 is 69.4. The van der Waals surface area contributed by atoms with E-state index < -0.39 is 40.4 Å². The van der Waals surface area contributed by atoms with Crippen LogP contribution in [-0.2, 0) is 17.3 Å². The largest absolute Gasteiger partial charge is 0.465 e. The third kappa shape index (κ3) is 3.88. The summed E-state index contributed by atoms with van der Waals surface area (Å²) in [4.78, 5) is 14.0. The summed E-state index contributed by atoms with van der Waals surface area (Å²) in [6.07, 6.45) is -8.36. The van der Waals surface area contributed by atoms with Gasteiger partial charge < -0.3 is 4.74 Å². The van der Waals surface area contributed by atoms with Crippen LogP contribution in [0.2, 0.25) is 0 Å². The Hall–Kier alpha value is -1.38. The summed E-state index contributed by atoms with van der Waals surface area (Å²) in [5, 5.41) is 0. The fourth-order valence-electron chi connectivity index (χ4n) is 1.94. The van der Waals surface area contributed by atoms with E-state index in [1.54, 1.807) is 13.8 Å². The lowest BCUT2D eigenvalue weighted by Crippen LogP contribution is -2.20. The number of hydrogen-bond donors (Lipinski definition) is 1. The molecule has 0 saturated carbocycles. The molecule has 1 heterocycles. The van der Waals surface area contributed by atoms with Crippen molar-refractivity contribution in [1.82, 2.24) is 4.98 Å². The lowest BCUT2D eigenvalue weighted by molar-refractivity contribution is -0.143. The summed E-state index contributed by atoms with van der Waals surface area (Å²) in [5.74, 6) is -1.36. The number of ether oxygens (including phenoxy) is 1. The van der Waals surface area contributed by atoms with Gasteiger partial charge in [-0.1, -0.05) is 13.8 Å². The number of esters is 1. The Labute approximate surface area is 129 Å². The topological polar surface area (TPSA) is 39.2 Å². The number of halogens is 5. The van der Waals surface area contributed by atoms with Gasteiger partial charge in [-0.3, -0.25) is 0 Å². The molecule has 0 N–H and O–H groups in total. The molecule has 0 spiro atoms. The van der Waals surface area contributed by atoms with E-state index in [-0.39, 0.29) is 17.9 Å². The van der Waals surface area contributed by atoms with Gasteiger partial charge in [0.15, 0.2) is 5.69 Å². The predicted molar refractivity (Wildman–Crippen MR) is 71.3 cm³/mol. The second kappa shape index (κ2) is 6.80. The second-order valence-corrected chi connectivity index (χ2v) is 5.38. The molecule has 0 radical (unpaired) electrons. The molecule has 1 aromatic rings. The lowest BCUT2D eigenvalue weighted by Gasteiger charge is -2.19. The molecule has 3 nitrogen and oxygen atoms in total. The summed E-state index contributed by atoms with van der Waals surface area (Å²) >= 11 is 3.76. The zero-order chi connectivity index (χ0) is 17.2. The minimum absolute atomic E-state index is 0.0470. The smallest absolute Gasteiger partial charge is 0.434 e. The first kappa shape index (κ1) is 18.7. The quantitative estimate of drug-likeness (QED) is 0.503. The summed E-state index contributed by atoms with van der Waals surface area (Å²) in [7, 11) is 0.951. The molecule has 0 unspecified atom stereocenters. The van der Waals surface area contributed by atoms with Gasteiger partial charge in [0.25, 0.3) is 6.43 Å². The highest BCUT2D eigenvalue weighted by molar-refractivity contribution is 7.80. The van der Waals surface area contributed by atoms with Crippen LogP contribution < -0.4 is 0 Å². The maximum absolute atomic E-state index is 13.1. The van der Waals surface area contributed by atoms with Gasteiger partial charge in [0.2, 0.25) is 0 Å². The molecular formula is C13H14F5NO2S. The Morgan fingerprint density at radius 1 is 1.32 bits per heavy atom. The van der Waals surface area contributed by atoms with E-state index in [1.165, 1.54) is 0 Å². The molecule has 1 aromatic heterocycles. The minimum atomic E-state index is -4.96. The Morgan fingerprint density at radius 2 is 1.86 bits per heavy atom. The molecule has 0 amide bonds. The highest BCUT2D eigenvalue weighted by Gasteiger charge is 2.39. The molecule has 0 bridgehead atoms. The zero-order valence-electron chi connectivity index (χ0n) is 12.0. The Bertz CT molecular complexity index is 573. The first-order chi connectivity index (χ1) is 10.0. The van der Waals surface area contributed by atoms with E-state index >= 15 is 0 Å². The number of aromatic nitrogens is 1. The highest BCUT2D eigenvalue weighted by atomic mass is 32.1. The van der Waals surface area contributed by atoms with E-state index in [0.29, 0.717) is 0 Å². The molecule has 124 valence electrons. The number of methoxy groups -OCH3 is 1. The van der Waals surface area contributed by atoms with Crippen molar-refractivity contribution in [3.8, 4) is 0 Å². The zero-order valence-corrected chi connectivity index (χ0v) is 12.9. The standard InChI is InChI=1S/C13H14F5NO2S/c1-5(2)4-6-7(12(20)21-3)8(11(14)15)19-10(9(6)22)13(16,17)18/h5,11,22H,4H2,1-3H3. The fraction of sp³-hybridized carbons (Fsp3) is 0.538. The number of nitrogens with zero attached hydrogens (tertiary/aromatic N) is 1. The third-order valence-electron chi connectivity index (χ3n) is 2.78. The van der Waals surface area contributed by atoms with Crippen molar-refractivity contribution < 1.29 is 31.5 Å². The number of alkyl halides is 5. The van der Waals surface area contributed by atoms with E-state index in [1.807, 2.05) is 0 Å². The first-order valence-electron chi connectivity index (χ1n) is 6.20. The van der Waals surface area contributed by atoms with Gasteiger partial charge in [0.1, 0.15) is 5.69 Å². The number of hydrogen-bond acceptors (Lipinski definition) is 4. The average molecular weight is 343 g/mol. The van der Waals surface area contributed by atoms with Gasteiger partial charge >= 0.3 is 12.1 Å². The Morgan fingerprint density at radius 3 is 2.23 bits per heavy atom. The highest BCUT2D eigenvalue weighted by Crippen LogP contribution is 2.39. The third-order valence-corrected chi connectivity index (χ3v) is 3.26. The van der Waals surface area contributed by atoms with Gasteiger partial charge in [0.05, 0.1) is 12.7 Å². The van der Waals surface area contributed by atoms with Gasteiger partial charge in [-0.25, -0.2) is 18.6 Å². The monoisotopic (exact) mass is 343 g/mol. The van der Waals surface area contributed by atoms with Crippen LogP contribution in [0.3, 0.4) is 0 Å². The molecule has 9 heteroatoms. The fourth-order valence-corrected chi connectivity index (χ4v) is 2.32. The van der Waals surface area contributed by atoms with Crippen molar-refractivity contribution in [3.63, 3.8) is 0 Å². The van der Waals surface area contributed by atoms with Crippen molar-refractivity contribution in [3.05, 3.63) is 22.5 Å². The van der Waals surface area contributed by atoms with Crippen molar-refractivity contribution in [2.24, 2.45) is 5.92 Å². The molecule has 0 fully saturated rings. The van der Waals surface area contributed by atoms with Crippen LogP contribution >= 0.6 is 12.6 Å². The summed E-state index contributed by atoms with van der Waals surface area (Å²) in [5.41, 5.74) is -3.66. The number of carbonyl (C=O) groups is 1. The van der Waals surface area contributed by atoms with Gasteiger partial charge in [-0.05, 0) is 17.9 Å². The Kier molecular flexibility index (Phi) is 5.77. The van der Waals surface area contributed by atoms with Crippen LogP contribution in [0.1, 0.15) is 47.6 Å². The molecule has 0 atom stereocenters. The summed E-state index contributed by atoms with van der Waals surface area (Å²) in [6, 6.07) is 0. The molecule has 1 rings (SSSR count). The SMILES string of the molecule is COC(=O)c1c(C(F)F)nc(C(F)(F)F)c(S)c1CC(C)C. The van der Waals surface area contributed by atoms with Crippen molar-refractivity contribution in [1.29, 1.82) is 0 Å². The maximum Gasteiger partial charge on any atom is 0.434 e. The maximum atomic E-state index is 13.1. The van der Waals surface area contributed by atoms with Crippen molar-refractivity contribution in [2.45, 2.75) is 37.8 Å². The Balaban J connectivity index is 3.79. The van der Waals surface area contributed by atoms with Crippen LogP contribution in [0, 0.1) is 5.92 Å². The molecule has 0 aliphatic heterocycles. The number of pyridine rings is 1. The van der Waals surface area contributed by atoms with E-state index in [0.717, 1.165) is 7.11 Å². The molecular weight excluding hydrogens is 329 g/mol. The van der Waals surface area contributed by atoms with Gasteiger partial charge in [0, 0.05) is 4.90 Å². The van der Waals surface area contributed by atoms with E-state index in [2.05, 4.69) is 22.3 Å². The van der Waals surface area contributed by atoms with E-state index in [9.17, 15) is 26.7 Å². The molecule has 0 aromatic carbocycles. The van der Waals surface area contributed by atoms with Crippen LogP contribution in [0.15, 0.2) is 4.90 Å². The predicted octanol–water partition coefficient (Wildman–Crippen LogP) is 4.31. The second-order valence-electron chi connectivity index (χ2n) is 4.94. The molecule has 0 saturated heterocycles. The lowest BCUT2D eigenvalue weighted by atomic mass is 9.96. The van der Waals surface area contributed by atoms with Gasteiger partial charge in [-0.2, -0.15) is 13.2 Å².